The summed E-state index contributed by atoms with van der Waals surface area (Å²) in [6.07, 6.45) is 0. The molecule has 7 nitrogen and oxygen atoms in total. The van der Waals surface area contributed by atoms with Gasteiger partial charge in [-0.15, -0.1) is 0 Å². The second kappa shape index (κ2) is 5.30. The Morgan fingerprint density at radius 1 is 1.16 bits per heavy atom. The fourth-order valence-electron chi connectivity index (χ4n) is 1.53. The lowest BCUT2D eigenvalue weighted by molar-refractivity contribution is 0.0461. The first-order chi connectivity index (χ1) is 9.06. The molecule has 7 heteroatoms. The van der Waals surface area contributed by atoms with E-state index in [0.717, 1.165) is 5.56 Å². The summed E-state index contributed by atoms with van der Waals surface area (Å²) in [6, 6.07) is 7.13. The number of anilines is 2. The lowest BCUT2D eigenvalue weighted by Crippen LogP contribution is -2.11. The van der Waals surface area contributed by atoms with Gasteiger partial charge in [0, 0.05) is 0 Å². The summed E-state index contributed by atoms with van der Waals surface area (Å²) in [5.41, 5.74) is 12.2. The minimum atomic E-state index is -0.448. The largest absolute Gasteiger partial charge is 0.454 e. The summed E-state index contributed by atoms with van der Waals surface area (Å²) in [6.45, 7) is 1.72. The van der Waals surface area contributed by atoms with Gasteiger partial charge >= 0.3 is 5.97 Å². The van der Waals surface area contributed by atoms with Gasteiger partial charge in [0.25, 0.3) is 0 Å². The molecule has 0 fully saturated rings. The summed E-state index contributed by atoms with van der Waals surface area (Å²) in [5, 5.41) is 0. The molecular weight excluding hydrogens is 246 g/mol. The lowest BCUT2D eigenvalue weighted by Gasteiger charge is -2.06. The molecule has 0 spiro atoms. The number of benzene rings is 1. The Hall–Kier alpha value is -2.70. The number of nitrogen functional groups attached to an aromatic ring is 2. The molecule has 0 amide bonds. The molecule has 1 aromatic carbocycles. The number of aromatic nitrogens is 3. The Morgan fingerprint density at radius 2 is 1.79 bits per heavy atom. The molecule has 1 heterocycles. The van der Waals surface area contributed by atoms with Gasteiger partial charge in [0.2, 0.25) is 11.9 Å². The third-order valence-electron chi connectivity index (χ3n) is 2.41. The zero-order valence-electron chi connectivity index (χ0n) is 10.3. The van der Waals surface area contributed by atoms with Crippen LogP contribution in [0.5, 0.6) is 0 Å². The molecule has 2 aromatic rings. The monoisotopic (exact) mass is 259 g/mol. The Labute approximate surface area is 109 Å². The number of nitrogens with two attached hydrogens (primary N) is 2. The molecule has 0 unspecified atom stereocenters. The van der Waals surface area contributed by atoms with E-state index in [1.54, 1.807) is 12.1 Å². The third-order valence-corrected chi connectivity index (χ3v) is 2.41. The number of hydrogen-bond acceptors (Lipinski definition) is 7. The predicted octanol–water partition coefficient (Wildman–Crippen LogP) is 0.701. The van der Waals surface area contributed by atoms with E-state index >= 15 is 0 Å². The number of rotatable bonds is 3. The highest BCUT2D eigenvalue weighted by atomic mass is 16.5. The molecular formula is C12H13N5O2. The minimum absolute atomic E-state index is 0.00515. The van der Waals surface area contributed by atoms with Crippen molar-refractivity contribution in [1.82, 2.24) is 15.0 Å². The first kappa shape index (κ1) is 12.7. The first-order valence-corrected chi connectivity index (χ1v) is 5.55. The van der Waals surface area contributed by atoms with Crippen LogP contribution in [0.4, 0.5) is 11.9 Å². The van der Waals surface area contributed by atoms with Gasteiger partial charge in [-0.1, -0.05) is 18.2 Å². The summed E-state index contributed by atoms with van der Waals surface area (Å²) >= 11 is 0. The number of ether oxygens (including phenoxy) is 1. The minimum Gasteiger partial charge on any atom is -0.454 e. The maximum Gasteiger partial charge on any atom is 0.338 e. The van der Waals surface area contributed by atoms with Crippen LogP contribution in [-0.4, -0.2) is 20.9 Å². The zero-order chi connectivity index (χ0) is 13.8. The molecule has 4 N–H and O–H groups in total. The Kier molecular flexibility index (Phi) is 3.56. The molecule has 98 valence electrons. The maximum absolute atomic E-state index is 11.9. The topological polar surface area (TPSA) is 117 Å². The zero-order valence-corrected chi connectivity index (χ0v) is 10.3. The molecule has 2 rings (SSSR count). The highest BCUT2D eigenvalue weighted by Gasteiger charge is 2.11. The summed E-state index contributed by atoms with van der Waals surface area (Å²) in [5.74, 6) is -0.244. The number of esters is 1. The number of hydrogen-bond donors (Lipinski definition) is 2. The van der Waals surface area contributed by atoms with Crippen molar-refractivity contribution < 1.29 is 9.53 Å². The lowest BCUT2D eigenvalue weighted by atomic mass is 10.1. The van der Waals surface area contributed by atoms with Crippen LogP contribution in [0.3, 0.4) is 0 Å². The van der Waals surface area contributed by atoms with E-state index in [4.69, 9.17) is 16.2 Å². The van der Waals surface area contributed by atoms with Crippen molar-refractivity contribution in [3.05, 3.63) is 41.2 Å². The standard InChI is InChI=1S/C12H13N5O2/c1-7-4-2-3-5-8(7)10(18)19-6-9-15-11(13)17-12(14)16-9/h2-5H,6H2,1H3,(H4,13,14,15,16,17). The van der Waals surface area contributed by atoms with Crippen molar-refractivity contribution in [3.8, 4) is 0 Å². The van der Waals surface area contributed by atoms with Crippen LogP contribution in [0.25, 0.3) is 0 Å². The van der Waals surface area contributed by atoms with Gasteiger partial charge in [-0.05, 0) is 18.6 Å². The van der Waals surface area contributed by atoms with Crippen molar-refractivity contribution >= 4 is 17.9 Å². The fraction of sp³-hybridized carbons (Fsp3) is 0.167. The van der Waals surface area contributed by atoms with Crippen molar-refractivity contribution in [2.24, 2.45) is 0 Å². The van der Waals surface area contributed by atoms with Crippen LogP contribution in [0, 0.1) is 6.92 Å². The summed E-state index contributed by atoms with van der Waals surface area (Å²) < 4.78 is 5.10. The smallest absolute Gasteiger partial charge is 0.338 e. The molecule has 0 atom stereocenters. The molecule has 0 saturated carbocycles. The van der Waals surface area contributed by atoms with Crippen LogP contribution >= 0.6 is 0 Å². The average Bonchev–Trinajstić information content (AvgIpc) is 2.35. The van der Waals surface area contributed by atoms with E-state index in [2.05, 4.69) is 15.0 Å². The number of carbonyl (C=O) groups excluding carboxylic acids is 1. The van der Waals surface area contributed by atoms with Crippen LogP contribution in [0.2, 0.25) is 0 Å². The molecule has 0 saturated heterocycles. The predicted molar refractivity (Wildman–Crippen MR) is 69.0 cm³/mol. The van der Waals surface area contributed by atoms with E-state index in [9.17, 15) is 4.79 Å². The molecule has 0 bridgehead atoms. The van der Waals surface area contributed by atoms with Gasteiger partial charge in [0.05, 0.1) is 5.56 Å². The van der Waals surface area contributed by atoms with E-state index in [0.29, 0.717) is 5.56 Å². The number of carbonyl (C=O) groups is 1. The summed E-state index contributed by atoms with van der Waals surface area (Å²) in [7, 11) is 0. The van der Waals surface area contributed by atoms with Gasteiger partial charge in [-0.2, -0.15) is 15.0 Å². The quantitative estimate of drug-likeness (QED) is 0.779. The molecule has 0 aliphatic heterocycles. The number of aryl methyl sites for hydroxylation is 1. The van der Waals surface area contributed by atoms with Crippen LogP contribution in [-0.2, 0) is 11.3 Å². The fourth-order valence-corrected chi connectivity index (χ4v) is 1.53. The second-order valence-electron chi connectivity index (χ2n) is 3.86. The van der Waals surface area contributed by atoms with Gasteiger partial charge < -0.3 is 16.2 Å². The van der Waals surface area contributed by atoms with Crippen LogP contribution < -0.4 is 11.5 Å². The average molecular weight is 259 g/mol. The van der Waals surface area contributed by atoms with Crippen molar-refractivity contribution in [2.45, 2.75) is 13.5 Å². The van der Waals surface area contributed by atoms with Gasteiger partial charge in [-0.25, -0.2) is 4.79 Å². The molecule has 0 radical (unpaired) electrons. The highest BCUT2D eigenvalue weighted by molar-refractivity contribution is 5.90. The highest BCUT2D eigenvalue weighted by Crippen LogP contribution is 2.10. The van der Waals surface area contributed by atoms with E-state index in [-0.39, 0.29) is 24.3 Å². The maximum atomic E-state index is 11.9. The van der Waals surface area contributed by atoms with E-state index < -0.39 is 5.97 Å². The van der Waals surface area contributed by atoms with Crippen molar-refractivity contribution in [3.63, 3.8) is 0 Å². The van der Waals surface area contributed by atoms with E-state index in [1.165, 1.54) is 0 Å². The Balaban J connectivity index is 2.07. The molecule has 19 heavy (non-hydrogen) atoms. The van der Waals surface area contributed by atoms with Crippen LogP contribution in [0.15, 0.2) is 24.3 Å². The Bertz CT molecular complexity index is 595. The Morgan fingerprint density at radius 3 is 2.42 bits per heavy atom. The number of nitrogens with zero attached hydrogens (tertiary/aromatic N) is 3. The molecule has 1 aromatic heterocycles. The van der Waals surface area contributed by atoms with Crippen molar-refractivity contribution in [2.75, 3.05) is 11.5 Å². The molecule has 0 aliphatic rings. The SMILES string of the molecule is Cc1ccccc1C(=O)OCc1nc(N)nc(N)n1. The van der Waals surface area contributed by atoms with Gasteiger partial charge in [-0.3, -0.25) is 0 Å². The molecule has 0 aliphatic carbocycles. The normalized spacial score (nSPS) is 10.2. The van der Waals surface area contributed by atoms with Gasteiger partial charge in [0.15, 0.2) is 12.4 Å². The second-order valence-corrected chi connectivity index (χ2v) is 3.86. The van der Waals surface area contributed by atoms with E-state index in [1.807, 2.05) is 19.1 Å². The first-order valence-electron chi connectivity index (χ1n) is 5.55. The summed E-state index contributed by atoms with van der Waals surface area (Å²) in [4.78, 5) is 23.1. The van der Waals surface area contributed by atoms with Gasteiger partial charge in [0.1, 0.15) is 0 Å². The van der Waals surface area contributed by atoms with Crippen molar-refractivity contribution in [1.29, 1.82) is 0 Å². The van der Waals surface area contributed by atoms with Crippen LogP contribution in [0.1, 0.15) is 21.7 Å². The third kappa shape index (κ3) is 3.15.